The highest BCUT2D eigenvalue weighted by molar-refractivity contribution is 5.77. The maximum atomic E-state index is 4.45. The first-order valence-electron chi connectivity index (χ1n) is 4.53. The van der Waals surface area contributed by atoms with Crippen molar-refractivity contribution in [2.75, 3.05) is 0 Å². The number of nitrogens with one attached hydrogen (secondary N) is 1. The number of hydrogen-bond acceptors (Lipinski definition) is 2. The van der Waals surface area contributed by atoms with Gasteiger partial charge in [-0.3, -0.25) is 4.98 Å². The number of pyridine rings is 1. The molecule has 0 saturated carbocycles. The van der Waals surface area contributed by atoms with Crippen molar-refractivity contribution >= 4 is 11.0 Å². The Morgan fingerprint density at radius 3 is 2.77 bits per heavy atom. The molecule has 1 N–H and O–H groups in total. The number of rotatable bonds is 1. The van der Waals surface area contributed by atoms with E-state index >= 15 is 0 Å². The van der Waals surface area contributed by atoms with Gasteiger partial charge in [0.05, 0.1) is 11.2 Å². The highest BCUT2D eigenvalue weighted by Crippen LogP contribution is 2.15. The molecule has 0 saturated heterocycles. The molecule has 0 bridgehead atoms. The van der Waals surface area contributed by atoms with E-state index in [0.717, 1.165) is 34.7 Å². The summed E-state index contributed by atoms with van der Waals surface area (Å²) in [4.78, 5) is 12.1. The fourth-order valence-electron chi connectivity index (χ4n) is 1.54. The fourth-order valence-corrected chi connectivity index (χ4v) is 1.54. The summed E-state index contributed by atoms with van der Waals surface area (Å²) in [5.41, 5.74) is 4.14. The van der Waals surface area contributed by atoms with Crippen molar-refractivity contribution in [2.45, 2.75) is 27.2 Å². The van der Waals surface area contributed by atoms with Crippen LogP contribution in [0.4, 0.5) is 0 Å². The topological polar surface area (TPSA) is 41.6 Å². The molecule has 0 atom stereocenters. The molecule has 0 aliphatic heterocycles. The number of hydrogen-bond donors (Lipinski definition) is 1. The molecular formula is C10H13N3. The maximum absolute atomic E-state index is 4.45. The molecule has 0 spiro atoms. The molecule has 13 heavy (non-hydrogen) atoms. The molecule has 0 aliphatic rings. The van der Waals surface area contributed by atoms with E-state index in [1.807, 2.05) is 19.9 Å². The van der Waals surface area contributed by atoms with E-state index in [1.54, 1.807) is 0 Å². The lowest BCUT2D eigenvalue weighted by molar-refractivity contribution is 0.999. The van der Waals surface area contributed by atoms with E-state index in [1.165, 1.54) is 0 Å². The Kier molecular flexibility index (Phi) is 1.79. The summed E-state index contributed by atoms with van der Waals surface area (Å²) in [5.74, 6) is 1.03. The van der Waals surface area contributed by atoms with Crippen molar-refractivity contribution in [3.05, 3.63) is 23.3 Å². The second kappa shape index (κ2) is 2.83. The lowest BCUT2D eigenvalue weighted by Gasteiger charge is -1.95. The summed E-state index contributed by atoms with van der Waals surface area (Å²) < 4.78 is 0. The molecule has 3 heteroatoms. The summed E-state index contributed by atoms with van der Waals surface area (Å²) in [6.07, 6.45) is 0.938. The molecule has 2 rings (SSSR count). The zero-order chi connectivity index (χ0) is 9.42. The minimum Gasteiger partial charge on any atom is -0.342 e. The first kappa shape index (κ1) is 8.23. The van der Waals surface area contributed by atoms with Gasteiger partial charge in [0.1, 0.15) is 11.3 Å². The van der Waals surface area contributed by atoms with Gasteiger partial charge in [-0.05, 0) is 19.9 Å². The molecule has 0 aliphatic carbocycles. The van der Waals surface area contributed by atoms with Crippen LogP contribution in [0.1, 0.15) is 24.1 Å². The zero-order valence-electron chi connectivity index (χ0n) is 8.18. The number of aromatic nitrogens is 3. The molecule has 2 aromatic rings. The van der Waals surface area contributed by atoms with Gasteiger partial charge in [-0.25, -0.2) is 4.98 Å². The summed E-state index contributed by atoms with van der Waals surface area (Å²) in [7, 11) is 0. The predicted octanol–water partition coefficient (Wildman–Crippen LogP) is 2.14. The summed E-state index contributed by atoms with van der Waals surface area (Å²) in [6, 6.07) is 2.04. The Hall–Kier alpha value is -1.38. The van der Waals surface area contributed by atoms with Crippen molar-refractivity contribution in [3.8, 4) is 0 Å². The van der Waals surface area contributed by atoms with Gasteiger partial charge >= 0.3 is 0 Å². The third-order valence-electron chi connectivity index (χ3n) is 2.16. The first-order valence-corrected chi connectivity index (χ1v) is 4.53. The number of nitrogens with zero attached hydrogens (tertiary/aromatic N) is 2. The van der Waals surface area contributed by atoms with Gasteiger partial charge in [0.2, 0.25) is 0 Å². The van der Waals surface area contributed by atoms with E-state index in [0.29, 0.717) is 0 Å². The molecule has 0 amide bonds. The maximum Gasteiger partial charge on any atom is 0.110 e. The second-order valence-corrected chi connectivity index (χ2v) is 3.28. The second-order valence-electron chi connectivity index (χ2n) is 3.28. The van der Waals surface area contributed by atoms with Crippen LogP contribution >= 0.6 is 0 Å². The minimum absolute atomic E-state index is 0.938. The van der Waals surface area contributed by atoms with Crippen LogP contribution in [0.3, 0.4) is 0 Å². The van der Waals surface area contributed by atoms with Crippen LogP contribution in [0, 0.1) is 13.8 Å². The predicted molar refractivity (Wildman–Crippen MR) is 52.7 cm³/mol. The van der Waals surface area contributed by atoms with Crippen molar-refractivity contribution in [1.82, 2.24) is 15.0 Å². The van der Waals surface area contributed by atoms with E-state index in [4.69, 9.17) is 0 Å². The minimum atomic E-state index is 0.938. The smallest absolute Gasteiger partial charge is 0.110 e. The molecule has 0 aromatic carbocycles. The van der Waals surface area contributed by atoms with Crippen LogP contribution in [0.2, 0.25) is 0 Å². The van der Waals surface area contributed by atoms with Gasteiger partial charge < -0.3 is 4.98 Å². The summed E-state index contributed by atoms with van der Waals surface area (Å²) >= 11 is 0. The Labute approximate surface area is 77.2 Å². The number of aromatic amines is 1. The number of H-pyrrole nitrogens is 1. The summed E-state index contributed by atoms with van der Waals surface area (Å²) in [5, 5.41) is 0. The standard InChI is InChI=1S/C10H13N3/c1-4-9-12-8-5-6(2)11-7(3)10(8)13-9/h5H,4H2,1-3H3,(H,12,13). The Balaban J connectivity index is 2.75. The van der Waals surface area contributed by atoms with Gasteiger partial charge in [0.25, 0.3) is 0 Å². The van der Waals surface area contributed by atoms with Gasteiger partial charge in [0, 0.05) is 12.1 Å². The van der Waals surface area contributed by atoms with Crippen LogP contribution in [-0.4, -0.2) is 15.0 Å². The van der Waals surface area contributed by atoms with Crippen molar-refractivity contribution in [2.24, 2.45) is 0 Å². The normalized spacial score (nSPS) is 11.0. The van der Waals surface area contributed by atoms with Crippen LogP contribution in [-0.2, 0) is 6.42 Å². The first-order chi connectivity index (χ1) is 6.20. The van der Waals surface area contributed by atoms with Crippen molar-refractivity contribution < 1.29 is 0 Å². The average molecular weight is 175 g/mol. The van der Waals surface area contributed by atoms with Gasteiger partial charge in [-0.2, -0.15) is 0 Å². The lowest BCUT2D eigenvalue weighted by Crippen LogP contribution is -1.86. The van der Waals surface area contributed by atoms with Crippen LogP contribution in [0.15, 0.2) is 6.07 Å². The molecule has 0 radical (unpaired) electrons. The van der Waals surface area contributed by atoms with Crippen LogP contribution < -0.4 is 0 Å². The Bertz CT molecular complexity index is 443. The molecule has 68 valence electrons. The third kappa shape index (κ3) is 1.30. The lowest BCUT2D eigenvalue weighted by atomic mass is 10.3. The monoisotopic (exact) mass is 175 g/mol. The van der Waals surface area contributed by atoms with E-state index < -0.39 is 0 Å². The zero-order valence-corrected chi connectivity index (χ0v) is 8.18. The molecule has 0 fully saturated rings. The third-order valence-corrected chi connectivity index (χ3v) is 2.16. The van der Waals surface area contributed by atoms with Crippen molar-refractivity contribution in [3.63, 3.8) is 0 Å². The van der Waals surface area contributed by atoms with Gasteiger partial charge in [-0.1, -0.05) is 6.92 Å². The molecule has 3 nitrogen and oxygen atoms in total. The number of aryl methyl sites for hydroxylation is 3. The van der Waals surface area contributed by atoms with Gasteiger partial charge in [-0.15, -0.1) is 0 Å². The quantitative estimate of drug-likeness (QED) is 0.721. The number of imidazole rings is 1. The highest BCUT2D eigenvalue weighted by atomic mass is 14.9. The molecule has 0 unspecified atom stereocenters. The van der Waals surface area contributed by atoms with Crippen LogP contribution in [0.25, 0.3) is 11.0 Å². The van der Waals surface area contributed by atoms with E-state index in [-0.39, 0.29) is 0 Å². The van der Waals surface area contributed by atoms with Crippen molar-refractivity contribution in [1.29, 1.82) is 0 Å². The Morgan fingerprint density at radius 1 is 1.31 bits per heavy atom. The SMILES string of the molecule is CCc1nc2c(C)nc(C)cc2[nH]1. The average Bonchev–Trinajstić information content (AvgIpc) is 2.47. The fraction of sp³-hybridized carbons (Fsp3) is 0.400. The van der Waals surface area contributed by atoms with Gasteiger partial charge in [0.15, 0.2) is 0 Å². The summed E-state index contributed by atoms with van der Waals surface area (Å²) in [6.45, 7) is 6.09. The van der Waals surface area contributed by atoms with Crippen LogP contribution in [0.5, 0.6) is 0 Å². The molecule has 2 heterocycles. The number of fused-ring (bicyclic) bond motifs is 1. The van der Waals surface area contributed by atoms with E-state index in [9.17, 15) is 0 Å². The molecular weight excluding hydrogens is 162 g/mol. The Morgan fingerprint density at radius 2 is 2.08 bits per heavy atom. The largest absolute Gasteiger partial charge is 0.342 e. The molecule has 2 aromatic heterocycles. The van der Waals surface area contributed by atoms with E-state index in [2.05, 4.69) is 21.9 Å². The highest BCUT2D eigenvalue weighted by Gasteiger charge is 2.05.